The Labute approximate surface area is 124 Å². The van der Waals surface area contributed by atoms with Gasteiger partial charge < -0.3 is 10.5 Å². The van der Waals surface area contributed by atoms with Crippen LogP contribution in [0.4, 0.5) is 0 Å². The van der Waals surface area contributed by atoms with Crippen LogP contribution in [0.3, 0.4) is 0 Å². The Morgan fingerprint density at radius 3 is 2.76 bits per heavy atom. The molecule has 0 amide bonds. The lowest BCUT2D eigenvalue weighted by Gasteiger charge is -2.11. The van der Waals surface area contributed by atoms with E-state index in [0.29, 0.717) is 18.9 Å². The fourth-order valence-electron chi connectivity index (χ4n) is 1.97. The normalized spacial score (nSPS) is 12.2. The van der Waals surface area contributed by atoms with Crippen LogP contribution >= 0.6 is 0 Å². The van der Waals surface area contributed by atoms with Crippen LogP contribution < -0.4 is 16.0 Å². The number of aromatic nitrogens is 2. The van der Waals surface area contributed by atoms with Gasteiger partial charge in [0.2, 0.25) is 0 Å². The number of hydrogen-bond donors (Lipinski definition) is 1. The second-order valence-corrected chi connectivity index (χ2v) is 5.41. The molecule has 0 aliphatic heterocycles. The van der Waals surface area contributed by atoms with Crippen molar-refractivity contribution >= 4 is 0 Å². The van der Waals surface area contributed by atoms with Crippen LogP contribution in [-0.2, 0) is 6.54 Å². The molecule has 1 unspecified atom stereocenters. The molecule has 5 nitrogen and oxygen atoms in total. The van der Waals surface area contributed by atoms with E-state index in [1.165, 1.54) is 16.3 Å². The highest BCUT2D eigenvalue weighted by molar-refractivity contribution is 5.30. The van der Waals surface area contributed by atoms with Gasteiger partial charge in [0, 0.05) is 12.1 Å². The Balaban J connectivity index is 2.18. The molecule has 0 bridgehead atoms. The molecule has 0 aliphatic carbocycles. The van der Waals surface area contributed by atoms with Crippen molar-refractivity contribution in [2.45, 2.75) is 33.4 Å². The molecule has 1 heterocycles. The van der Waals surface area contributed by atoms with Crippen molar-refractivity contribution in [3.05, 3.63) is 57.5 Å². The Kier molecular flexibility index (Phi) is 4.75. The average Bonchev–Trinajstić information content (AvgIpc) is 2.43. The van der Waals surface area contributed by atoms with E-state index in [2.05, 4.69) is 23.3 Å². The number of rotatable bonds is 5. The van der Waals surface area contributed by atoms with Crippen molar-refractivity contribution in [2.75, 3.05) is 6.61 Å². The summed E-state index contributed by atoms with van der Waals surface area (Å²) in [4.78, 5) is 12.1. The Hall–Kier alpha value is -2.14. The van der Waals surface area contributed by atoms with Crippen LogP contribution in [0.15, 0.2) is 35.3 Å². The molecule has 0 saturated carbocycles. The Bertz CT molecular complexity index is 677. The number of ether oxygens (including phenoxy) is 1. The first-order valence-electron chi connectivity index (χ1n) is 6.97. The van der Waals surface area contributed by atoms with E-state index >= 15 is 0 Å². The van der Waals surface area contributed by atoms with Gasteiger partial charge in [-0.1, -0.05) is 23.8 Å². The zero-order valence-electron chi connectivity index (χ0n) is 12.7. The molecule has 1 aromatic heterocycles. The van der Waals surface area contributed by atoms with Crippen LogP contribution in [-0.4, -0.2) is 22.4 Å². The molecular formula is C16H21N3O2. The minimum atomic E-state index is -0.182. The number of nitrogens with zero attached hydrogens (tertiary/aromatic N) is 2. The fraction of sp³-hybridized carbons (Fsp3) is 0.375. The number of hydrogen-bond acceptors (Lipinski definition) is 4. The number of benzene rings is 1. The van der Waals surface area contributed by atoms with Gasteiger partial charge in [-0.25, -0.2) is 4.68 Å². The predicted molar refractivity (Wildman–Crippen MR) is 82.7 cm³/mol. The lowest BCUT2D eigenvalue weighted by Crippen LogP contribution is -2.26. The highest BCUT2D eigenvalue weighted by Crippen LogP contribution is 2.12. The van der Waals surface area contributed by atoms with Crippen molar-refractivity contribution in [2.24, 2.45) is 5.73 Å². The van der Waals surface area contributed by atoms with Crippen molar-refractivity contribution in [1.29, 1.82) is 0 Å². The molecule has 0 saturated heterocycles. The van der Waals surface area contributed by atoms with Crippen LogP contribution in [0.5, 0.6) is 5.75 Å². The van der Waals surface area contributed by atoms with E-state index in [4.69, 9.17) is 10.5 Å². The summed E-state index contributed by atoms with van der Waals surface area (Å²) in [5, 5.41) is 4.16. The fourth-order valence-corrected chi connectivity index (χ4v) is 1.97. The SMILES string of the molecule is Cc1ccc(C)c(Cn2ncc(OCC(C)N)cc2=O)c1. The van der Waals surface area contributed by atoms with E-state index < -0.39 is 0 Å². The minimum absolute atomic E-state index is 0.0811. The highest BCUT2D eigenvalue weighted by atomic mass is 16.5. The molecule has 0 spiro atoms. The maximum atomic E-state index is 12.1. The van der Waals surface area contributed by atoms with Crippen LogP contribution in [0.1, 0.15) is 23.6 Å². The monoisotopic (exact) mass is 287 g/mol. The maximum absolute atomic E-state index is 12.1. The third-order valence-corrected chi connectivity index (χ3v) is 3.18. The van der Waals surface area contributed by atoms with Gasteiger partial charge in [-0.05, 0) is 31.9 Å². The second-order valence-electron chi connectivity index (χ2n) is 5.41. The zero-order chi connectivity index (χ0) is 15.4. The first-order valence-corrected chi connectivity index (χ1v) is 6.97. The van der Waals surface area contributed by atoms with Crippen molar-refractivity contribution in [3.63, 3.8) is 0 Å². The third kappa shape index (κ3) is 4.16. The molecule has 0 fully saturated rings. The van der Waals surface area contributed by atoms with Gasteiger partial charge >= 0.3 is 0 Å². The molecule has 21 heavy (non-hydrogen) atoms. The van der Waals surface area contributed by atoms with Gasteiger partial charge in [-0.15, -0.1) is 0 Å². The van der Waals surface area contributed by atoms with Crippen molar-refractivity contribution in [3.8, 4) is 5.75 Å². The smallest absolute Gasteiger partial charge is 0.270 e. The summed E-state index contributed by atoms with van der Waals surface area (Å²) in [6.45, 7) is 6.72. The lowest BCUT2D eigenvalue weighted by atomic mass is 10.1. The van der Waals surface area contributed by atoms with E-state index in [9.17, 15) is 4.79 Å². The summed E-state index contributed by atoms with van der Waals surface area (Å²) in [6, 6.07) is 7.54. The van der Waals surface area contributed by atoms with Gasteiger partial charge in [0.05, 0.1) is 12.7 Å². The summed E-state index contributed by atoms with van der Waals surface area (Å²) < 4.78 is 6.83. The summed E-state index contributed by atoms with van der Waals surface area (Å²) in [7, 11) is 0. The Morgan fingerprint density at radius 2 is 2.10 bits per heavy atom. The van der Waals surface area contributed by atoms with Gasteiger partial charge in [0.15, 0.2) is 0 Å². The van der Waals surface area contributed by atoms with Gasteiger partial charge in [-0.2, -0.15) is 5.10 Å². The topological polar surface area (TPSA) is 70.1 Å². The van der Waals surface area contributed by atoms with E-state index in [-0.39, 0.29) is 11.6 Å². The van der Waals surface area contributed by atoms with Crippen LogP contribution in [0.25, 0.3) is 0 Å². The molecule has 1 atom stereocenters. The van der Waals surface area contributed by atoms with E-state index in [1.807, 2.05) is 20.8 Å². The first-order chi connectivity index (χ1) is 9.95. The average molecular weight is 287 g/mol. The largest absolute Gasteiger partial charge is 0.490 e. The quantitative estimate of drug-likeness (QED) is 0.907. The number of aryl methyl sites for hydroxylation is 2. The molecular weight excluding hydrogens is 266 g/mol. The molecule has 2 N–H and O–H groups in total. The molecule has 112 valence electrons. The van der Waals surface area contributed by atoms with Crippen molar-refractivity contribution < 1.29 is 4.74 Å². The van der Waals surface area contributed by atoms with Crippen molar-refractivity contribution in [1.82, 2.24) is 9.78 Å². The predicted octanol–water partition coefficient (Wildman–Crippen LogP) is 1.63. The van der Waals surface area contributed by atoms with Gasteiger partial charge in [0.25, 0.3) is 5.56 Å². The van der Waals surface area contributed by atoms with E-state index in [0.717, 1.165) is 11.1 Å². The molecule has 2 rings (SSSR count). The van der Waals surface area contributed by atoms with E-state index in [1.54, 1.807) is 6.20 Å². The lowest BCUT2D eigenvalue weighted by molar-refractivity contribution is 0.293. The standard InChI is InChI=1S/C16H21N3O2/c1-11-4-5-12(2)14(6-11)9-19-16(20)7-15(8-18-19)21-10-13(3)17/h4-8,13H,9-10,17H2,1-3H3. The van der Waals surface area contributed by atoms with Crippen LogP contribution in [0, 0.1) is 13.8 Å². The van der Waals surface area contributed by atoms with Crippen LogP contribution in [0.2, 0.25) is 0 Å². The maximum Gasteiger partial charge on any atom is 0.270 e. The number of nitrogens with two attached hydrogens (primary N) is 1. The molecule has 2 aromatic rings. The molecule has 1 aromatic carbocycles. The molecule has 0 aliphatic rings. The minimum Gasteiger partial charge on any atom is -0.490 e. The Morgan fingerprint density at radius 1 is 1.33 bits per heavy atom. The first kappa shape index (κ1) is 15.3. The molecule has 5 heteroatoms. The molecule has 0 radical (unpaired) electrons. The van der Waals surface area contributed by atoms with Gasteiger partial charge in [0.1, 0.15) is 12.4 Å². The third-order valence-electron chi connectivity index (χ3n) is 3.18. The summed E-state index contributed by atoms with van der Waals surface area (Å²) in [5.74, 6) is 0.453. The zero-order valence-corrected chi connectivity index (χ0v) is 12.7. The second kappa shape index (κ2) is 6.54. The highest BCUT2D eigenvalue weighted by Gasteiger charge is 2.05. The summed E-state index contributed by atoms with van der Waals surface area (Å²) >= 11 is 0. The summed E-state index contributed by atoms with van der Waals surface area (Å²) in [6.07, 6.45) is 1.55. The van der Waals surface area contributed by atoms with Gasteiger partial charge in [-0.3, -0.25) is 4.79 Å². The summed E-state index contributed by atoms with van der Waals surface area (Å²) in [5.41, 5.74) is 8.83.